The average molecular weight is 132 g/mol. The molecule has 6 heteroatoms. The van der Waals surface area contributed by atoms with Crippen molar-refractivity contribution in [3.05, 3.63) is 0 Å². The van der Waals surface area contributed by atoms with Gasteiger partial charge in [0.25, 0.3) is 12.3 Å². The number of nitriles is 2. The first-order valence-electron chi connectivity index (χ1n) is 1.36. The highest BCUT2D eigenvalue weighted by Crippen LogP contribution is 2.01. The molecule has 0 saturated heterocycles. The SMILES string of the molecule is N#COOSOC#N. The molecule has 8 heavy (non-hydrogen) atoms. The molecule has 0 amide bonds. The molecule has 0 spiro atoms. The van der Waals surface area contributed by atoms with Crippen LogP contribution in [0.5, 0.6) is 0 Å². The lowest BCUT2D eigenvalue weighted by Crippen LogP contribution is -1.74. The first kappa shape index (κ1) is 6.89. The Balaban J connectivity index is 2.77. The number of rotatable bonds is 3. The van der Waals surface area contributed by atoms with Crippen molar-refractivity contribution in [2.75, 3.05) is 0 Å². The molecule has 0 bridgehead atoms. The number of nitrogens with zero attached hydrogens (tertiary/aromatic N) is 2. The topological polar surface area (TPSA) is 75.3 Å². The Morgan fingerprint density at radius 2 is 2.00 bits per heavy atom. The highest BCUT2D eigenvalue weighted by atomic mass is 32.2. The van der Waals surface area contributed by atoms with E-state index >= 15 is 0 Å². The van der Waals surface area contributed by atoms with E-state index in [1.54, 1.807) is 0 Å². The molecule has 0 aliphatic heterocycles. The molecule has 42 valence electrons. The molecule has 0 aromatic carbocycles. The van der Waals surface area contributed by atoms with E-state index in [9.17, 15) is 0 Å². The van der Waals surface area contributed by atoms with Crippen molar-refractivity contribution < 1.29 is 13.4 Å². The Labute approximate surface area is 49.7 Å². The van der Waals surface area contributed by atoms with E-state index in [0.717, 1.165) is 0 Å². The maximum atomic E-state index is 7.65. The van der Waals surface area contributed by atoms with Crippen molar-refractivity contribution in [1.82, 2.24) is 0 Å². The van der Waals surface area contributed by atoms with Gasteiger partial charge in [0.2, 0.25) is 0 Å². The van der Waals surface area contributed by atoms with Crippen LogP contribution in [0.3, 0.4) is 0 Å². The van der Waals surface area contributed by atoms with Crippen LogP contribution >= 0.6 is 12.3 Å². The quantitative estimate of drug-likeness (QED) is 0.183. The Hall–Kier alpha value is -1.11. The molecule has 0 aromatic rings. The Morgan fingerprint density at radius 1 is 1.25 bits per heavy atom. The second-order valence-electron chi connectivity index (χ2n) is 0.485. The largest absolute Gasteiger partial charge is 0.326 e. The molecule has 0 rings (SSSR count). The fourth-order valence-electron chi connectivity index (χ4n) is 0.0582. The summed E-state index contributed by atoms with van der Waals surface area (Å²) in [4.78, 5) is 3.63. The summed E-state index contributed by atoms with van der Waals surface area (Å²) >= 11 is 0.272. The molecule has 0 heterocycles. The second kappa shape index (κ2) is 5.89. The molecule has 0 aliphatic carbocycles. The highest BCUT2D eigenvalue weighted by Gasteiger charge is 1.85. The highest BCUT2D eigenvalue weighted by molar-refractivity contribution is 7.89. The van der Waals surface area contributed by atoms with Gasteiger partial charge in [-0.15, -0.1) is 10.5 Å². The van der Waals surface area contributed by atoms with Crippen LogP contribution in [0.25, 0.3) is 0 Å². The third-order valence-corrected chi connectivity index (χ3v) is 0.437. The molecule has 0 unspecified atom stereocenters. The van der Waals surface area contributed by atoms with Crippen LogP contribution in [0.1, 0.15) is 0 Å². The van der Waals surface area contributed by atoms with Gasteiger partial charge in [0.05, 0.1) is 0 Å². The van der Waals surface area contributed by atoms with Crippen molar-refractivity contribution in [2.24, 2.45) is 0 Å². The summed E-state index contributed by atoms with van der Waals surface area (Å²) in [5.41, 5.74) is 0. The normalized spacial score (nSPS) is 6.25. The molecular weight excluding hydrogens is 132 g/mol. The molecule has 0 saturated carbocycles. The van der Waals surface area contributed by atoms with Gasteiger partial charge in [0.15, 0.2) is 0 Å². The zero-order valence-electron chi connectivity index (χ0n) is 3.53. The molecular formula is C2N2O3S. The minimum Gasteiger partial charge on any atom is -0.319 e. The minimum atomic E-state index is 0.272. The van der Waals surface area contributed by atoms with Crippen LogP contribution < -0.4 is 0 Å². The summed E-state index contributed by atoms with van der Waals surface area (Å²) in [5.74, 6) is 0. The smallest absolute Gasteiger partial charge is 0.319 e. The van der Waals surface area contributed by atoms with E-state index in [0.29, 0.717) is 0 Å². The van der Waals surface area contributed by atoms with Crippen LogP contribution in [-0.2, 0) is 13.4 Å². The first-order chi connectivity index (χ1) is 3.91. The maximum Gasteiger partial charge on any atom is 0.326 e. The Kier molecular flexibility index (Phi) is 5.07. The summed E-state index contributed by atoms with van der Waals surface area (Å²) in [5, 5.41) is 15.3. The van der Waals surface area contributed by atoms with Crippen LogP contribution in [0, 0.1) is 23.0 Å². The summed E-state index contributed by atoms with van der Waals surface area (Å²) in [6.45, 7) is 0. The van der Waals surface area contributed by atoms with Crippen LogP contribution in [0.4, 0.5) is 0 Å². The third kappa shape index (κ3) is 4.89. The van der Waals surface area contributed by atoms with Gasteiger partial charge in [0.1, 0.15) is 0 Å². The summed E-state index contributed by atoms with van der Waals surface area (Å²) in [7, 11) is 0. The molecule has 0 radical (unpaired) electrons. The third-order valence-electron chi connectivity index (χ3n) is 0.170. The molecule has 0 fully saturated rings. The van der Waals surface area contributed by atoms with E-state index in [2.05, 4.69) is 13.4 Å². The summed E-state index contributed by atoms with van der Waals surface area (Å²) in [6, 6.07) is 0. The van der Waals surface area contributed by atoms with Gasteiger partial charge in [-0.05, 0) is 0 Å². The Morgan fingerprint density at radius 3 is 2.50 bits per heavy atom. The molecule has 0 aliphatic rings. The lowest BCUT2D eigenvalue weighted by Gasteiger charge is -1.84. The van der Waals surface area contributed by atoms with Gasteiger partial charge in [-0.25, -0.2) is 4.89 Å². The molecule has 0 aromatic heterocycles. The van der Waals surface area contributed by atoms with E-state index < -0.39 is 0 Å². The van der Waals surface area contributed by atoms with Crippen LogP contribution in [0.2, 0.25) is 0 Å². The molecule has 0 atom stereocenters. The standard InChI is InChI=1S/C2N2O3S/c3-1-5-7-8-6-2-4. The maximum absolute atomic E-state index is 7.65. The predicted molar refractivity (Wildman–Crippen MR) is 22.1 cm³/mol. The van der Waals surface area contributed by atoms with E-state index in [4.69, 9.17) is 10.5 Å². The minimum absolute atomic E-state index is 0.272. The van der Waals surface area contributed by atoms with Gasteiger partial charge >= 0.3 is 12.5 Å². The summed E-state index contributed by atoms with van der Waals surface area (Å²) < 4.78 is 7.69. The fourth-order valence-corrected chi connectivity index (χ4v) is 0.175. The average Bonchev–Trinajstić information content (AvgIpc) is 1.81. The Bertz CT molecular complexity index is 108. The van der Waals surface area contributed by atoms with E-state index in [1.165, 1.54) is 12.5 Å². The zero-order valence-corrected chi connectivity index (χ0v) is 4.34. The lowest BCUT2D eigenvalue weighted by molar-refractivity contribution is -0.122. The van der Waals surface area contributed by atoms with Gasteiger partial charge in [-0.1, -0.05) is 4.33 Å². The monoisotopic (exact) mass is 132 g/mol. The van der Waals surface area contributed by atoms with Crippen molar-refractivity contribution in [2.45, 2.75) is 0 Å². The number of hydrogen-bond acceptors (Lipinski definition) is 6. The van der Waals surface area contributed by atoms with Crippen molar-refractivity contribution in [1.29, 1.82) is 10.5 Å². The van der Waals surface area contributed by atoms with Crippen molar-refractivity contribution >= 4 is 12.3 Å². The van der Waals surface area contributed by atoms with Gasteiger partial charge in [-0.3, -0.25) is 0 Å². The lowest BCUT2D eigenvalue weighted by atomic mass is 11.6. The second-order valence-corrected chi connectivity index (χ2v) is 0.924. The zero-order chi connectivity index (χ0) is 6.24. The molecule has 0 N–H and O–H groups in total. The van der Waals surface area contributed by atoms with Gasteiger partial charge in [0, 0.05) is 0 Å². The fraction of sp³-hybridized carbons (Fsp3) is 0. The van der Waals surface area contributed by atoms with Crippen molar-refractivity contribution in [3.8, 4) is 12.5 Å². The van der Waals surface area contributed by atoms with Crippen LogP contribution in [0.15, 0.2) is 0 Å². The van der Waals surface area contributed by atoms with Crippen molar-refractivity contribution in [3.63, 3.8) is 0 Å². The number of hydrogen-bond donors (Lipinski definition) is 0. The summed E-state index contributed by atoms with van der Waals surface area (Å²) in [6.07, 6.45) is 2.47. The predicted octanol–water partition coefficient (Wildman–Crippen LogP) is 0.477. The first-order valence-corrected chi connectivity index (χ1v) is 2.02. The van der Waals surface area contributed by atoms with Crippen LogP contribution in [-0.4, -0.2) is 0 Å². The van der Waals surface area contributed by atoms with E-state index in [-0.39, 0.29) is 12.3 Å². The van der Waals surface area contributed by atoms with E-state index in [1.807, 2.05) is 0 Å². The molecule has 5 nitrogen and oxygen atoms in total. The van der Waals surface area contributed by atoms with Gasteiger partial charge < -0.3 is 4.18 Å². The van der Waals surface area contributed by atoms with Gasteiger partial charge in [-0.2, -0.15) is 0 Å².